The highest BCUT2D eigenvalue weighted by atomic mass is 32.2. The molecule has 1 amide bonds. The van der Waals surface area contributed by atoms with Gasteiger partial charge in [-0.05, 0) is 50.6 Å². The van der Waals surface area contributed by atoms with E-state index in [0.717, 1.165) is 18.8 Å². The summed E-state index contributed by atoms with van der Waals surface area (Å²) in [6, 6.07) is 7.80. The monoisotopic (exact) mass is 395 g/mol. The van der Waals surface area contributed by atoms with Crippen molar-refractivity contribution in [3.05, 3.63) is 24.3 Å². The van der Waals surface area contributed by atoms with Gasteiger partial charge in [-0.25, -0.2) is 8.42 Å². The highest BCUT2D eigenvalue weighted by Crippen LogP contribution is 2.21. The van der Waals surface area contributed by atoms with Crippen LogP contribution in [0.2, 0.25) is 0 Å². The Kier molecular flexibility index (Phi) is 8.10. The number of nitrogens with one attached hydrogen (secondary N) is 1. The first-order chi connectivity index (χ1) is 12.8. The Morgan fingerprint density at radius 3 is 2.26 bits per heavy atom. The van der Waals surface area contributed by atoms with Gasteiger partial charge < -0.3 is 10.2 Å². The van der Waals surface area contributed by atoms with Gasteiger partial charge in [0.1, 0.15) is 9.84 Å². The molecule has 7 heteroatoms. The highest BCUT2D eigenvalue weighted by Gasteiger charge is 2.19. The summed E-state index contributed by atoms with van der Waals surface area (Å²) in [6.07, 6.45) is 6.30. The maximum Gasteiger partial charge on any atom is 0.238 e. The summed E-state index contributed by atoms with van der Waals surface area (Å²) in [4.78, 5) is 16.7. The average molecular weight is 396 g/mol. The van der Waals surface area contributed by atoms with Gasteiger partial charge in [-0.1, -0.05) is 19.8 Å². The Bertz CT molecular complexity index is 696. The van der Waals surface area contributed by atoms with E-state index < -0.39 is 9.84 Å². The average Bonchev–Trinajstić information content (AvgIpc) is 2.88. The van der Waals surface area contributed by atoms with E-state index >= 15 is 0 Å². The smallest absolute Gasteiger partial charge is 0.238 e. The Morgan fingerprint density at radius 1 is 1.15 bits per heavy atom. The first-order valence-corrected chi connectivity index (χ1v) is 11.9. The van der Waals surface area contributed by atoms with Gasteiger partial charge in [-0.3, -0.25) is 9.69 Å². The second-order valence-electron chi connectivity index (χ2n) is 7.50. The summed E-state index contributed by atoms with van der Waals surface area (Å²) < 4.78 is 23.0. The van der Waals surface area contributed by atoms with Crippen molar-refractivity contribution in [3.8, 4) is 0 Å². The van der Waals surface area contributed by atoms with Crippen molar-refractivity contribution in [1.29, 1.82) is 0 Å². The number of hydrogen-bond acceptors (Lipinski definition) is 5. The van der Waals surface area contributed by atoms with Gasteiger partial charge in [-0.15, -0.1) is 0 Å². The molecule has 1 aliphatic rings. The number of carbonyl (C=O) groups excluding carboxylic acids is 1. The lowest BCUT2D eigenvalue weighted by Gasteiger charge is -2.26. The Labute approximate surface area is 163 Å². The molecule has 27 heavy (non-hydrogen) atoms. The van der Waals surface area contributed by atoms with E-state index in [-0.39, 0.29) is 24.2 Å². The number of likely N-dealkylation sites (N-methyl/N-ethyl adjacent to an activating group) is 1. The minimum absolute atomic E-state index is 0.0542. The molecule has 0 aliphatic carbocycles. The predicted octanol–water partition coefficient (Wildman–Crippen LogP) is 2.76. The zero-order valence-electron chi connectivity index (χ0n) is 16.8. The van der Waals surface area contributed by atoms with Gasteiger partial charge in [0.2, 0.25) is 5.91 Å². The van der Waals surface area contributed by atoms with Crippen molar-refractivity contribution >= 4 is 27.1 Å². The van der Waals surface area contributed by atoms with E-state index in [2.05, 4.69) is 22.3 Å². The van der Waals surface area contributed by atoms with Crippen LogP contribution in [0, 0.1) is 0 Å². The quantitative estimate of drug-likeness (QED) is 0.733. The van der Waals surface area contributed by atoms with Crippen LogP contribution in [-0.4, -0.2) is 63.5 Å². The molecule has 1 heterocycles. The van der Waals surface area contributed by atoms with Crippen LogP contribution in [0.3, 0.4) is 0 Å². The van der Waals surface area contributed by atoms with E-state index in [1.165, 1.54) is 37.6 Å². The summed E-state index contributed by atoms with van der Waals surface area (Å²) in [7, 11) is -3.07. The van der Waals surface area contributed by atoms with Crippen LogP contribution >= 0.6 is 0 Å². The fraction of sp³-hybridized carbons (Fsp3) is 0.650. The van der Waals surface area contributed by atoms with E-state index in [4.69, 9.17) is 0 Å². The van der Waals surface area contributed by atoms with Crippen LogP contribution in [0.25, 0.3) is 0 Å². The van der Waals surface area contributed by atoms with Crippen molar-refractivity contribution in [2.75, 3.05) is 48.4 Å². The molecule has 1 unspecified atom stereocenters. The molecule has 1 N–H and O–H groups in total. The molecule has 0 radical (unpaired) electrons. The number of sulfone groups is 1. The standard InChI is InChI=1S/C20H33N3O3S/c1-4-22(17(2)16-27(3,25)26)15-20(24)21-18-9-11-19(12-10-18)23-13-7-5-6-8-14-23/h9-12,17H,4-8,13-16H2,1-3H3,(H,21,24). The third-order valence-corrected chi connectivity index (χ3v) is 6.13. The van der Waals surface area contributed by atoms with Crippen molar-refractivity contribution in [2.24, 2.45) is 0 Å². The third-order valence-electron chi connectivity index (χ3n) is 5.04. The summed E-state index contributed by atoms with van der Waals surface area (Å²) in [5, 5.41) is 2.92. The number of amides is 1. The van der Waals surface area contributed by atoms with Crippen molar-refractivity contribution in [2.45, 2.75) is 45.6 Å². The van der Waals surface area contributed by atoms with Gasteiger partial charge in [0.05, 0.1) is 12.3 Å². The second kappa shape index (κ2) is 10.1. The van der Waals surface area contributed by atoms with E-state index in [1.54, 1.807) is 0 Å². The normalized spacial score (nSPS) is 16.8. The number of nitrogens with zero attached hydrogens (tertiary/aromatic N) is 2. The van der Waals surface area contributed by atoms with Crippen LogP contribution in [0.1, 0.15) is 39.5 Å². The Hall–Kier alpha value is -1.60. The van der Waals surface area contributed by atoms with Gasteiger partial charge in [-0.2, -0.15) is 0 Å². The SMILES string of the molecule is CCN(CC(=O)Nc1ccc(N2CCCCCC2)cc1)C(C)CS(C)(=O)=O. The number of anilines is 2. The van der Waals surface area contributed by atoms with Gasteiger partial charge in [0.15, 0.2) is 0 Å². The number of hydrogen-bond donors (Lipinski definition) is 1. The molecule has 1 aromatic rings. The molecule has 0 spiro atoms. The lowest BCUT2D eigenvalue weighted by Crippen LogP contribution is -2.42. The molecule has 0 aromatic heterocycles. The fourth-order valence-corrected chi connectivity index (χ4v) is 4.68. The van der Waals surface area contributed by atoms with Gasteiger partial charge in [0, 0.05) is 36.8 Å². The largest absolute Gasteiger partial charge is 0.372 e. The summed E-state index contributed by atoms with van der Waals surface area (Å²) in [5.74, 6) is -0.0710. The molecule has 152 valence electrons. The highest BCUT2D eigenvalue weighted by molar-refractivity contribution is 7.90. The zero-order valence-corrected chi connectivity index (χ0v) is 17.6. The van der Waals surface area contributed by atoms with Crippen molar-refractivity contribution < 1.29 is 13.2 Å². The first-order valence-electron chi connectivity index (χ1n) is 9.85. The maximum absolute atomic E-state index is 12.4. The molecular formula is C20H33N3O3S. The first kappa shape index (κ1) is 21.7. The maximum atomic E-state index is 12.4. The lowest BCUT2D eigenvalue weighted by atomic mass is 10.2. The summed E-state index contributed by atoms with van der Waals surface area (Å²) in [5.41, 5.74) is 1.97. The van der Waals surface area contributed by atoms with E-state index in [9.17, 15) is 13.2 Å². The minimum atomic E-state index is -3.07. The summed E-state index contributed by atoms with van der Waals surface area (Å²) >= 11 is 0. The molecule has 1 aromatic carbocycles. The number of rotatable bonds is 8. The molecule has 1 fully saturated rings. The van der Waals surface area contributed by atoms with E-state index in [0.29, 0.717) is 6.54 Å². The third kappa shape index (κ3) is 7.50. The van der Waals surface area contributed by atoms with Gasteiger partial charge in [0.25, 0.3) is 0 Å². The molecule has 1 atom stereocenters. The predicted molar refractivity (Wildman–Crippen MR) is 112 cm³/mol. The molecule has 6 nitrogen and oxygen atoms in total. The van der Waals surface area contributed by atoms with E-state index in [1.807, 2.05) is 30.9 Å². The minimum Gasteiger partial charge on any atom is -0.372 e. The Morgan fingerprint density at radius 2 is 1.74 bits per heavy atom. The molecule has 1 saturated heterocycles. The second-order valence-corrected chi connectivity index (χ2v) is 9.69. The topological polar surface area (TPSA) is 69.7 Å². The van der Waals surface area contributed by atoms with Crippen molar-refractivity contribution in [1.82, 2.24) is 4.90 Å². The Balaban J connectivity index is 1.90. The number of carbonyl (C=O) groups is 1. The lowest BCUT2D eigenvalue weighted by molar-refractivity contribution is -0.117. The fourth-order valence-electron chi connectivity index (χ4n) is 3.59. The van der Waals surface area contributed by atoms with Crippen LogP contribution < -0.4 is 10.2 Å². The zero-order chi connectivity index (χ0) is 19.9. The molecular weight excluding hydrogens is 362 g/mol. The van der Waals surface area contributed by atoms with Crippen LogP contribution in [0.15, 0.2) is 24.3 Å². The molecule has 0 bridgehead atoms. The van der Waals surface area contributed by atoms with Crippen molar-refractivity contribution in [3.63, 3.8) is 0 Å². The number of benzene rings is 1. The van der Waals surface area contributed by atoms with Crippen LogP contribution in [-0.2, 0) is 14.6 Å². The molecule has 0 saturated carbocycles. The molecule has 2 rings (SSSR count). The summed E-state index contributed by atoms with van der Waals surface area (Å²) in [6.45, 7) is 6.76. The molecule has 1 aliphatic heterocycles. The van der Waals surface area contributed by atoms with Crippen LogP contribution in [0.5, 0.6) is 0 Å². The van der Waals surface area contributed by atoms with Gasteiger partial charge >= 0.3 is 0 Å². The van der Waals surface area contributed by atoms with Crippen LogP contribution in [0.4, 0.5) is 11.4 Å².